The number of benzene rings is 1. The average molecular weight is 550 g/mol. The van der Waals surface area contributed by atoms with Crippen molar-refractivity contribution in [1.82, 2.24) is 9.88 Å². The van der Waals surface area contributed by atoms with Gasteiger partial charge in [0.1, 0.15) is 9.84 Å². The molecule has 1 fully saturated rings. The Bertz CT molecular complexity index is 1250. The van der Waals surface area contributed by atoms with Gasteiger partial charge in [-0.2, -0.15) is 26.3 Å². The predicted octanol–water partition coefficient (Wildman–Crippen LogP) is 4.57. The van der Waals surface area contributed by atoms with E-state index in [0.717, 1.165) is 30.8 Å². The molecule has 1 aliphatic heterocycles. The minimum atomic E-state index is -4.82. The molecule has 4 rings (SSSR count). The summed E-state index contributed by atoms with van der Waals surface area (Å²) in [4.78, 5) is 17.3. The first-order chi connectivity index (χ1) is 17.1. The molecule has 2 aliphatic rings. The first-order valence-electron chi connectivity index (χ1n) is 11.6. The highest BCUT2D eigenvalue weighted by atomic mass is 32.2. The molecule has 0 saturated carbocycles. The second-order valence-corrected chi connectivity index (χ2v) is 11.8. The molecule has 1 N–H and O–H groups in total. The molecule has 2 unspecified atom stereocenters. The zero-order valence-electron chi connectivity index (χ0n) is 19.7. The lowest BCUT2D eigenvalue weighted by molar-refractivity contribution is -0.191. The largest absolute Gasteiger partial charge is 0.416 e. The summed E-state index contributed by atoms with van der Waals surface area (Å²) in [6.45, 7) is 0. The highest BCUT2D eigenvalue weighted by Gasteiger charge is 2.47. The maximum absolute atomic E-state index is 14.0. The van der Waals surface area contributed by atoms with E-state index >= 15 is 0 Å². The molecule has 6 nitrogen and oxygen atoms in total. The predicted molar refractivity (Wildman–Crippen MR) is 123 cm³/mol. The van der Waals surface area contributed by atoms with Crippen molar-refractivity contribution in [3.05, 3.63) is 58.9 Å². The van der Waals surface area contributed by atoms with Crippen LogP contribution in [0.1, 0.15) is 41.3 Å². The summed E-state index contributed by atoms with van der Waals surface area (Å²) in [5, 5.41) is 3.10. The molecule has 0 bridgehead atoms. The van der Waals surface area contributed by atoms with Gasteiger partial charge >= 0.3 is 12.4 Å². The van der Waals surface area contributed by atoms with Crippen LogP contribution >= 0.6 is 0 Å². The summed E-state index contributed by atoms with van der Waals surface area (Å²) in [6, 6.07) is 3.54. The number of rotatable bonds is 5. The van der Waals surface area contributed by atoms with Crippen LogP contribution in [0.3, 0.4) is 0 Å². The normalized spacial score (nSPS) is 20.8. The van der Waals surface area contributed by atoms with Crippen molar-refractivity contribution in [3.63, 3.8) is 0 Å². The zero-order chi connectivity index (χ0) is 27.2. The van der Waals surface area contributed by atoms with E-state index < -0.39 is 51.3 Å². The van der Waals surface area contributed by atoms with Crippen LogP contribution in [0.25, 0.3) is 0 Å². The molecular weight excluding hydrogens is 524 g/mol. The number of hydrogen-bond donors (Lipinski definition) is 1. The van der Waals surface area contributed by atoms with Gasteiger partial charge in [0.15, 0.2) is 6.04 Å². The van der Waals surface area contributed by atoms with Crippen molar-refractivity contribution in [1.29, 1.82) is 0 Å². The van der Waals surface area contributed by atoms with E-state index in [-0.39, 0.29) is 30.4 Å². The fraction of sp³-hybridized carbons (Fsp3) is 0.500. The van der Waals surface area contributed by atoms with E-state index in [0.29, 0.717) is 29.0 Å². The van der Waals surface area contributed by atoms with E-state index in [1.165, 1.54) is 18.3 Å². The lowest BCUT2D eigenvalue weighted by Crippen LogP contribution is -2.44. The number of carbonyl (C=O) groups is 1. The van der Waals surface area contributed by atoms with Gasteiger partial charge in [-0.3, -0.25) is 9.78 Å². The quantitative estimate of drug-likeness (QED) is 0.553. The highest BCUT2D eigenvalue weighted by Crippen LogP contribution is 2.38. The number of aromatic nitrogens is 1. The molecule has 1 amide bonds. The van der Waals surface area contributed by atoms with Crippen LogP contribution in [-0.4, -0.2) is 55.0 Å². The number of alkyl halides is 6. The number of sulfone groups is 1. The molecule has 2 heterocycles. The minimum Gasteiger partial charge on any atom is -0.380 e. The molecule has 1 saturated heterocycles. The van der Waals surface area contributed by atoms with E-state index in [9.17, 15) is 39.6 Å². The van der Waals surface area contributed by atoms with Gasteiger partial charge in [0.05, 0.1) is 34.6 Å². The number of fused-ring (bicyclic) bond motifs is 1. The fourth-order valence-corrected chi connectivity index (χ4v) is 6.41. The third kappa shape index (κ3) is 6.19. The van der Waals surface area contributed by atoms with Crippen LogP contribution < -0.4 is 5.32 Å². The molecule has 2 aromatic rings. The number of pyridine rings is 1. The lowest BCUT2D eigenvalue weighted by atomic mass is 9.99. The van der Waals surface area contributed by atoms with Crippen molar-refractivity contribution in [2.75, 3.05) is 23.9 Å². The third-order valence-electron chi connectivity index (χ3n) is 6.85. The van der Waals surface area contributed by atoms with E-state index in [4.69, 9.17) is 0 Å². The van der Waals surface area contributed by atoms with Crippen LogP contribution in [0.2, 0.25) is 0 Å². The maximum atomic E-state index is 14.0. The summed E-state index contributed by atoms with van der Waals surface area (Å²) in [6.07, 6.45) is -7.35. The van der Waals surface area contributed by atoms with Crippen molar-refractivity contribution in [3.8, 4) is 0 Å². The van der Waals surface area contributed by atoms with Crippen molar-refractivity contribution < 1.29 is 39.6 Å². The molecule has 37 heavy (non-hydrogen) atoms. The number of carbonyl (C=O) groups excluding carboxylic acids is 1. The monoisotopic (exact) mass is 549 g/mol. The van der Waals surface area contributed by atoms with Gasteiger partial charge in [-0.05, 0) is 61.1 Å². The standard InChI is InChI=1S/C24H25F6N3O3S/c1-33(22(34)14-6-8-37(35,36)9-7-14)21(24(28,29)30)20-5-4-18(13-31-20)32-19-11-15-2-3-17(23(25,26)27)10-16(15)12-19/h2-5,10,13-14,19,21,32H,6-9,11-12H2,1H3. The molecule has 0 spiro atoms. The van der Waals surface area contributed by atoms with E-state index in [1.807, 2.05) is 0 Å². The summed E-state index contributed by atoms with van der Waals surface area (Å²) in [5.41, 5.74) is 0.587. The Kier molecular flexibility index (Phi) is 7.21. The van der Waals surface area contributed by atoms with Gasteiger partial charge in [0.2, 0.25) is 5.91 Å². The van der Waals surface area contributed by atoms with Gasteiger partial charge in [-0.1, -0.05) is 6.07 Å². The second-order valence-electron chi connectivity index (χ2n) is 9.52. The molecule has 13 heteroatoms. The first kappa shape index (κ1) is 27.2. The maximum Gasteiger partial charge on any atom is 0.416 e. The smallest absolute Gasteiger partial charge is 0.380 e. The lowest BCUT2D eigenvalue weighted by Gasteiger charge is -2.33. The SMILES string of the molecule is CN(C(=O)C1CCS(=O)(=O)CC1)C(c1ccc(NC2Cc3ccc(C(F)(F)F)cc3C2)cn1)C(F)(F)F. The Labute approximate surface area is 210 Å². The number of nitrogens with one attached hydrogen (secondary N) is 1. The molecule has 1 aromatic carbocycles. The molecule has 202 valence electrons. The van der Waals surface area contributed by atoms with Crippen LogP contribution in [0.15, 0.2) is 36.5 Å². The van der Waals surface area contributed by atoms with Crippen LogP contribution in [0.5, 0.6) is 0 Å². The summed E-state index contributed by atoms with van der Waals surface area (Å²) >= 11 is 0. The fourth-order valence-electron chi connectivity index (χ4n) is 4.92. The van der Waals surface area contributed by atoms with Gasteiger partial charge < -0.3 is 10.2 Å². The Balaban J connectivity index is 1.45. The number of anilines is 1. The number of amides is 1. The van der Waals surface area contributed by atoms with Crippen LogP contribution in [0, 0.1) is 5.92 Å². The van der Waals surface area contributed by atoms with Crippen molar-refractivity contribution in [2.45, 2.75) is 50.1 Å². The van der Waals surface area contributed by atoms with Crippen molar-refractivity contribution >= 4 is 21.4 Å². The topological polar surface area (TPSA) is 79.4 Å². The summed E-state index contributed by atoms with van der Waals surface area (Å²) in [5.74, 6) is -2.09. The van der Waals surface area contributed by atoms with Crippen LogP contribution in [-0.2, 0) is 33.6 Å². The number of nitrogens with zero attached hydrogens (tertiary/aromatic N) is 2. The number of hydrogen-bond acceptors (Lipinski definition) is 5. The minimum absolute atomic E-state index is 0.0272. The van der Waals surface area contributed by atoms with Crippen LogP contribution in [0.4, 0.5) is 32.0 Å². The number of halogens is 6. The van der Waals surface area contributed by atoms with Gasteiger partial charge in [0.25, 0.3) is 0 Å². The molecule has 0 radical (unpaired) electrons. The Morgan fingerprint density at radius 2 is 1.68 bits per heavy atom. The third-order valence-corrected chi connectivity index (χ3v) is 8.57. The van der Waals surface area contributed by atoms with Gasteiger partial charge in [-0.25, -0.2) is 8.42 Å². The molecule has 1 aliphatic carbocycles. The zero-order valence-corrected chi connectivity index (χ0v) is 20.6. The van der Waals surface area contributed by atoms with E-state index in [1.54, 1.807) is 0 Å². The Morgan fingerprint density at radius 1 is 1.03 bits per heavy atom. The Hall–Kier alpha value is -2.83. The summed E-state index contributed by atoms with van der Waals surface area (Å²) in [7, 11) is -2.25. The molecule has 1 aromatic heterocycles. The highest BCUT2D eigenvalue weighted by molar-refractivity contribution is 7.91. The molecule has 2 atom stereocenters. The van der Waals surface area contributed by atoms with Gasteiger partial charge in [0, 0.05) is 19.0 Å². The second kappa shape index (κ2) is 9.80. The van der Waals surface area contributed by atoms with Gasteiger partial charge in [-0.15, -0.1) is 0 Å². The molecular formula is C24H25F6N3O3S. The van der Waals surface area contributed by atoms with Crippen molar-refractivity contribution in [2.24, 2.45) is 5.92 Å². The summed E-state index contributed by atoms with van der Waals surface area (Å²) < 4.78 is 104. The Morgan fingerprint density at radius 3 is 2.24 bits per heavy atom. The average Bonchev–Trinajstić information content (AvgIpc) is 3.20. The van der Waals surface area contributed by atoms with E-state index in [2.05, 4.69) is 10.3 Å². The first-order valence-corrected chi connectivity index (χ1v) is 13.4.